The van der Waals surface area contributed by atoms with Gasteiger partial charge in [-0.25, -0.2) is 0 Å². The fraction of sp³-hybridized carbons (Fsp3) is 0.600. The van der Waals surface area contributed by atoms with Crippen LogP contribution in [0.2, 0.25) is 0 Å². The molecule has 5 heteroatoms. The van der Waals surface area contributed by atoms with Crippen LogP contribution in [0.4, 0.5) is 18.9 Å². The topological polar surface area (TPSA) is 29.3 Å². The maximum atomic E-state index is 13.3. The molecular weight excluding hydrogens is 265 g/mol. The van der Waals surface area contributed by atoms with E-state index in [1.165, 1.54) is 6.07 Å². The van der Waals surface area contributed by atoms with E-state index in [0.29, 0.717) is 31.6 Å². The summed E-state index contributed by atoms with van der Waals surface area (Å²) < 4.78 is 39.8. The van der Waals surface area contributed by atoms with E-state index in [1.54, 1.807) is 12.1 Å². The quantitative estimate of drug-likeness (QED) is 0.826. The molecule has 1 rings (SSSR count). The van der Waals surface area contributed by atoms with Gasteiger partial charge in [-0.1, -0.05) is 19.9 Å². The van der Waals surface area contributed by atoms with Crippen molar-refractivity contribution in [1.29, 1.82) is 0 Å². The maximum Gasteiger partial charge on any atom is 0.418 e. The monoisotopic (exact) mass is 288 g/mol. The third-order valence-corrected chi connectivity index (χ3v) is 3.13. The van der Waals surface area contributed by atoms with E-state index in [0.717, 1.165) is 12.8 Å². The summed E-state index contributed by atoms with van der Waals surface area (Å²) >= 11 is 0. The summed E-state index contributed by atoms with van der Waals surface area (Å²) in [5.74, 6) is 0. The summed E-state index contributed by atoms with van der Waals surface area (Å²) in [4.78, 5) is 1.81. The average molecular weight is 288 g/mol. The van der Waals surface area contributed by atoms with Crippen molar-refractivity contribution in [2.45, 2.75) is 39.3 Å². The Morgan fingerprint density at radius 2 is 1.70 bits per heavy atom. The van der Waals surface area contributed by atoms with Crippen LogP contribution in [0.3, 0.4) is 0 Å². The van der Waals surface area contributed by atoms with Crippen LogP contribution in [0, 0.1) is 0 Å². The van der Waals surface area contributed by atoms with E-state index in [1.807, 2.05) is 18.7 Å². The van der Waals surface area contributed by atoms with Crippen molar-refractivity contribution < 1.29 is 13.2 Å². The van der Waals surface area contributed by atoms with Crippen molar-refractivity contribution in [2.24, 2.45) is 5.73 Å². The number of nitrogens with zero attached hydrogens (tertiary/aromatic N) is 1. The highest BCUT2D eigenvalue weighted by atomic mass is 19.4. The number of rotatable bonds is 7. The SMILES string of the molecule is CCCN(CCC)c1ccc(CCN)cc1C(F)(F)F. The summed E-state index contributed by atoms with van der Waals surface area (Å²) in [6.07, 6.45) is -2.23. The van der Waals surface area contributed by atoms with Crippen LogP contribution in [-0.4, -0.2) is 19.6 Å². The zero-order chi connectivity index (χ0) is 15.2. The Labute approximate surface area is 118 Å². The molecule has 2 N–H and O–H groups in total. The number of benzene rings is 1. The second kappa shape index (κ2) is 7.53. The van der Waals surface area contributed by atoms with Gasteiger partial charge in [-0.2, -0.15) is 13.2 Å². The van der Waals surface area contributed by atoms with Crippen molar-refractivity contribution in [2.75, 3.05) is 24.5 Å². The summed E-state index contributed by atoms with van der Waals surface area (Å²) in [5.41, 5.74) is 5.79. The smallest absolute Gasteiger partial charge is 0.371 e. The summed E-state index contributed by atoms with van der Waals surface area (Å²) in [5, 5.41) is 0. The fourth-order valence-electron chi connectivity index (χ4n) is 2.30. The molecule has 20 heavy (non-hydrogen) atoms. The van der Waals surface area contributed by atoms with Crippen molar-refractivity contribution in [1.82, 2.24) is 0 Å². The number of hydrogen-bond donors (Lipinski definition) is 1. The van der Waals surface area contributed by atoms with E-state index >= 15 is 0 Å². The van der Waals surface area contributed by atoms with Gasteiger partial charge in [-0.3, -0.25) is 0 Å². The van der Waals surface area contributed by atoms with Gasteiger partial charge in [0.15, 0.2) is 0 Å². The molecule has 1 aromatic rings. The first-order valence-corrected chi connectivity index (χ1v) is 7.09. The standard InChI is InChI=1S/C15H23F3N2/c1-3-9-20(10-4-2)14-6-5-12(7-8-19)11-13(14)15(16,17)18/h5-6,11H,3-4,7-10,19H2,1-2H3. The molecule has 0 saturated carbocycles. The zero-order valence-electron chi connectivity index (χ0n) is 12.1. The Bertz CT molecular complexity index is 410. The largest absolute Gasteiger partial charge is 0.418 e. The summed E-state index contributed by atoms with van der Waals surface area (Å²) in [6, 6.07) is 4.56. The molecule has 0 amide bonds. The highest BCUT2D eigenvalue weighted by Crippen LogP contribution is 2.37. The average Bonchev–Trinajstić information content (AvgIpc) is 2.38. The van der Waals surface area contributed by atoms with Crippen LogP contribution in [0.5, 0.6) is 0 Å². The first-order chi connectivity index (χ1) is 9.43. The second-order valence-electron chi connectivity index (χ2n) is 4.87. The summed E-state index contributed by atoms with van der Waals surface area (Å²) in [6.45, 7) is 5.56. The molecule has 0 unspecified atom stereocenters. The van der Waals surface area contributed by atoms with Gasteiger partial charge in [0.05, 0.1) is 5.56 Å². The third-order valence-electron chi connectivity index (χ3n) is 3.13. The lowest BCUT2D eigenvalue weighted by atomic mass is 10.0. The van der Waals surface area contributed by atoms with Gasteiger partial charge in [0.25, 0.3) is 0 Å². The van der Waals surface area contributed by atoms with Crippen molar-refractivity contribution in [3.05, 3.63) is 29.3 Å². The molecule has 0 saturated heterocycles. The molecule has 0 spiro atoms. The van der Waals surface area contributed by atoms with Crippen LogP contribution in [0.1, 0.15) is 37.8 Å². The first kappa shape index (κ1) is 16.8. The van der Waals surface area contributed by atoms with Gasteiger partial charge in [0.2, 0.25) is 0 Å². The molecule has 2 nitrogen and oxygen atoms in total. The van der Waals surface area contributed by atoms with Crippen LogP contribution in [-0.2, 0) is 12.6 Å². The summed E-state index contributed by atoms with van der Waals surface area (Å²) in [7, 11) is 0. The fourth-order valence-corrected chi connectivity index (χ4v) is 2.30. The molecule has 0 heterocycles. The second-order valence-corrected chi connectivity index (χ2v) is 4.87. The Balaban J connectivity index is 3.21. The number of nitrogens with two attached hydrogens (primary N) is 1. The molecule has 1 aromatic carbocycles. The predicted octanol–water partition coefficient (Wildman–Crippen LogP) is 3.83. The van der Waals surface area contributed by atoms with E-state index in [-0.39, 0.29) is 5.69 Å². The van der Waals surface area contributed by atoms with Crippen LogP contribution in [0.15, 0.2) is 18.2 Å². The van der Waals surface area contributed by atoms with Gasteiger partial charge in [0.1, 0.15) is 0 Å². The van der Waals surface area contributed by atoms with Gasteiger partial charge in [0, 0.05) is 18.8 Å². The van der Waals surface area contributed by atoms with E-state index in [9.17, 15) is 13.2 Å². The molecular formula is C15H23F3N2. The number of halogens is 3. The van der Waals surface area contributed by atoms with Crippen molar-refractivity contribution in [3.8, 4) is 0 Å². The zero-order valence-corrected chi connectivity index (χ0v) is 12.1. The van der Waals surface area contributed by atoms with Gasteiger partial charge < -0.3 is 10.6 Å². The predicted molar refractivity (Wildman–Crippen MR) is 77.0 cm³/mol. The molecule has 0 atom stereocenters. The van der Waals surface area contributed by atoms with E-state index in [4.69, 9.17) is 5.73 Å². The van der Waals surface area contributed by atoms with Gasteiger partial charge in [-0.15, -0.1) is 0 Å². The lowest BCUT2D eigenvalue weighted by Crippen LogP contribution is -2.27. The maximum absolute atomic E-state index is 13.3. The van der Waals surface area contributed by atoms with E-state index in [2.05, 4.69) is 0 Å². The first-order valence-electron chi connectivity index (χ1n) is 7.09. The molecule has 0 aliphatic heterocycles. The van der Waals surface area contributed by atoms with Crippen LogP contribution < -0.4 is 10.6 Å². The molecule has 0 aliphatic carbocycles. The van der Waals surface area contributed by atoms with Gasteiger partial charge >= 0.3 is 6.18 Å². The number of hydrogen-bond acceptors (Lipinski definition) is 2. The normalized spacial score (nSPS) is 11.7. The molecule has 0 radical (unpaired) electrons. The highest BCUT2D eigenvalue weighted by molar-refractivity contribution is 5.56. The van der Waals surface area contributed by atoms with Crippen LogP contribution in [0.25, 0.3) is 0 Å². The van der Waals surface area contributed by atoms with E-state index < -0.39 is 11.7 Å². The van der Waals surface area contributed by atoms with Crippen LogP contribution >= 0.6 is 0 Å². The van der Waals surface area contributed by atoms with Crippen molar-refractivity contribution in [3.63, 3.8) is 0 Å². The molecule has 114 valence electrons. The van der Waals surface area contributed by atoms with Crippen molar-refractivity contribution >= 4 is 5.69 Å². The minimum absolute atomic E-state index is 0.280. The third kappa shape index (κ3) is 4.40. The minimum Gasteiger partial charge on any atom is -0.371 e. The Morgan fingerprint density at radius 3 is 2.15 bits per heavy atom. The minimum atomic E-state index is -4.33. The molecule has 0 bridgehead atoms. The highest BCUT2D eigenvalue weighted by Gasteiger charge is 2.34. The number of alkyl halides is 3. The Kier molecular flexibility index (Phi) is 6.33. The Morgan fingerprint density at radius 1 is 1.10 bits per heavy atom. The molecule has 0 fully saturated rings. The number of anilines is 1. The lowest BCUT2D eigenvalue weighted by Gasteiger charge is -2.27. The lowest BCUT2D eigenvalue weighted by molar-refractivity contribution is -0.137. The Hall–Kier alpha value is -1.23. The molecule has 0 aliphatic rings. The van der Waals surface area contributed by atoms with Gasteiger partial charge in [-0.05, 0) is 43.5 Å². The molecule has 0 aromatic heterocycles.